The molecule has 0 radical (unpaired) electrons. The molecule has 33 heavy (non-hydrogen) atoms. The summed E-state index contributed by atoms with van der Waals surface area (Å²) in [5.74, 6) is -1.89. The summed E-state index contributed by atoms with van der Waals surface area (Å²) >= 11 is 0. The van der Waals surface area contributed by atoms with Crippen LogP contribution in [0.5, 0.6) is 5.75 Å². The molecule has 0 bridgehead atoms. The molecule has 2 aliphatic rings. The van der Waals surface area contributed by atoms with E-state index in [0.29, 0.717) is 13.2 Å². The van der Waals surface area contributed by atoms with Gasteiger partial charge in [0.15, 0.2) is 0 Å². The maximum atomic E-state index is 13.0. The van der Waals surface area contributed by atoms with E-state index in [9.17, 15) is 18.0 Å². The van der Waals surface area contributed by atoms with Gasteiger partial charge in [0.05, 0.1) is 24.9 Å². The number of aliphatic carboxylic acids is 1. The number of hydrogen-bond donors (Lipinski definition) is 1. The van der Waals surface area contributed by atoms with Crippen molar-refractivity contribution in [1.82, 2.24) is 9.88 Å². The molecular formula is C23H25F3N2O5. The molecule has 2 fully saturated rings. The number of carbonyl (C=O) groups is 2. The number of carboxylic acids is 1. The number of aromatic nitrogens is 1. The minimum absolute atomic E-state index is 0.00714. The van der Waals surface area contributed by atoms with E-state index < -0.39 is 12.1 Å². The first-order chi connectivity index (χ1) is 15.6. The number of hydrogen-bond acceptors (Lipinski definition) is 5. The van der Waals surface area contributed by atoms with Crippen LogP contribution in [0, 0.1) is 6.92 Å². The lowest BCUT2D eigenvalue weighted by Gasteiger charge is -2.39. The number of ether oxygens (including phenoxy) is 2. The van der Waals surface area contributed by atoms with E-state index in [0.717, 1.165) is 42.7 Å². The fourth-order valence-electron chi connectivity index (χ4n) is 4.03. The van der Waals surface area contributed by atoms with Crippen LogP contribution in [0.25, 0.3) is 0 Å². The van der Waals surface area contributed by atoms with Crippen molar-refractivity contribution in [2.24, 2.45) is 0 Å². The lowest BCUT2D eigenvalue weighted by Crippen LogP contribution is -2.50. The van der Waals surface area contributed by atoms with Gasteiger partial charge in [0.25, 0.3) is 5.91 Å². The predicted octanol–water partition coefficient (Wildman–Crippen LogP) is 3.87. The third-order valence-corrected chi connectivity index (χ3v) is 5.56. The van der Waals surface area contributed by atoms with Gasteiger partial charge in [-0.2, -0.15) is 13.2 Å². The topological polar surface area (TPSA) is 89.0 Å². The molecule has 7 nitrogen and oxygen atoms in total. The molecule has 10 heteroatoms. The minimum atomic E-state index is -5.08. The molecule has 1 aromatic heterocycles. The van der Waals surface area contributed by atoms with Crippen LogP contribution in [0.2, 0.25) is 0 Å². The van der Waals surface area contributed by atoms with Gasteiger partial charge in [-0.05, 0) is 43.5 Å². The molecule has 1 amide bonds. The van der Waals surface area contributed by atoms with Gasteiger partial charge in [-0.25, -0.2) is 4.79 Å². The summed E-state index contributed by atoms with van der Waals surface area (Å²) in [7, 11) is 0. The normalized spacial score (nSPS) is 22.4. The Morgan fingerprint density at radius 2 is 1.97 bits per heavy atom. The molecule has 1 spiro atoms. The first-order valence-corrected chi connectivity index (χ1v) is 10.5. The van der Waals surface area contributed by atoms with E-state index in [1.165, 1.54) is 0 Å². The first-order valence-electron chi connectivity index (χ1n) is 10.5. The number of pyridine rings is 1. The highest BCUT2D eigenvalue weighted by Gasteiger charge is 2.45. The maximum Gasteiger partial charge on any atom is 0.490 e. The Labute approximate surface area is 189 Å². The van der Waals surface area contributed by atoms with E-state index in [1.807, 2.05) is 48.2 Å². The number of alkyl halides is 3. The van der Waals surface area contributed by atoms with E-state index >= 15 is 0 Å². The summed E-state index contributed by atoms with van der Waals surface area (Å²) in [5.41, 5.74) is 1.51. The quantitative estimate of drug-likeness (QED) is 0.739. The van der Waals surface area contributed by atoms with Gasteiger partial charge in [0, 0.05) is 24.7 Å². The highest BCUT2D eigenvalue weighted by Crippen LogP contribution is 2.36. The number of aryl methyl sites for hydroxylation is 1. The average molecular weight is 466 g/mol. The highest BCUT2D eigenvalue weighted by atomic mass is 19.4. The molecule has 2 atom stereocenters. The Morgan fingerprint density at radius 3 is 2.61 bits per heavy atom. The summed E-state index contributed by atoms with van der Waals surface area (Å²) in [4.78, 5) is 27.9. The molecule has 2 aromatic rings. The Bertz CT molecular complexity index is 970. The zero-order chi connectivity index (χ0) is 24.1. The number of halogens is 3. The number of likely N-dealkylation sites (tertiary alicyclic amines) is 1. The second-order valence-electron chi connectivity index (χ2n) is 8.07. The fourth-order valence-corrected chi connectivity index (χ4v) is 4.03. The minimum Gasteiger partial charge on any atom is -0.486 e. The van der Waals surface area contributed by atoms with Crippen LogP contribution in [-0.4, -0.2) is 64.4 Å². The summed E-state index contributed by atoms with van der Waals surface area (Å²) in [5, 5.41) is 7.12. The second-order valence-corrected chi connectivity index (χ2v) is 8.07. The van der Waals surface area contributed by atoms with Crippen molar-refractivity contribution < 1.29 is 37.3 Å². The van der Waals surface area contributed by atoms with Gasteiger partial charge in [-0.1, -0.05) is 18.2 Å². The molecule has 0 saturated carbocycles. The molecular weight excluding hydrogens is 441 g/mol. The number of carboxylic acid groups (broad SMARTS) is 1. The van der Waals surface area contributed by atoms with Crippen LogP contribution >= 0.6 is 0 Å². The number of rotatable bonds is 3. The SMILES string of the molecule is Cc1ccccc1C(=O)N1CCCC2(CC(Oc3cccnc3)CO2)C1.O=C(O)C(F)(F)F. The van der Waals surface area contributed by atoms with E-state index in [4.69, 9.17) is 19.4 Å². The second kappa shape index (κ2) is 10.2. The fraction of sp³-hybridized carbons (Fsp3) is 0.435. The zero-order valence-electron chi connectivity index (χ0n) is 18.0. The first kappa shape index (κ1) is 24.5. The van der Waals surface area contributed by atoms with Crippen LogP contribution in [-0.2, 0) is 9.53 Å². The number of nitrogens with zero attached hydrogens (tertiary/aromatic N) is 2. The molecule has 3 heterocycles. The van der Waals surface area contributed by atoms with Gasteiger partial charge >= 0.3 is 12.1 Å². The predicted molar refractivity (Wildman–Crippen MR) is 112 cm³/mol. The van der Waals surface area contributed by atoms with E-state index in [2.05, 4.69) is 4.98 Å². The van der Waals surface area contributed by atoms with Gasteiger partial charge in [-0.15, -0.1) is 0 Å². The van der Waals surface area contributed by atoms with Crippen LogP contribution in [0.15, 0.2) is 48.8 Å². The van der Waals surface area contributed by atoms with Crippen molar-refractivity contribution >= 4 is 11.9 Å². The van der Waals surface area contributed by atoms with Crippen molar-refractivity contribution in [1.29, 1.82) is 0 Å². The maximum absolute atomic E-state index is 13.0. The molecule has 2 unspecified atom stereocenters. The average Bonchev–Trinajstić information content (AvgIpc) is 3.15. The van der Waals surface area contributed by atoms with E-state index in [1.54, 1.807) is 12.4 Å². The largest absolute Gasteiger partial charge is 0.490 e. The standard InChI is InChI=1S/C21H24N2O3.C2HF3O2/c1-16-6-2-3-8-19(16)20(24)23-11-5-9-21(15-23)12-18(14-25-21)26-17-7-4-10-22-13-17;3-2(4,5)1(6)7/h2-4,6-8,10,13,18H,5,9,11-12,14-15H2,1H3;(H,6,7). The Balaban J connectivity index is 0.000000383. The molecule has 0 aliphatic carbocycles. The van der Waals surface area contributed by atoms with Gasteiger partial charge in [0.1, 0.15) is 11.9 Å². The molecule has 2 aliphatic heterocycles. The lowest BCUT2D eigenvalue weighted by molar-refractivity contribution is -0.192. The smallest absolute Gasteiger partial charge is 0.486 e. The third kappa shape index (κ3) is 6.44. The van der Waals surface area contributed by atoms with Gasteiger partial charge < -0.3 is 19.5 Å². The Morgan fingerprint density at radius 1 is 1.24 bits per heavy atom. The summed E-state index contributed by atoms with van der Waals surface area (Å²) in [6.07, 6.45) is 1.11. The van der Waals surface area contributed by atoms with Gasteiger partial charge in [0.2, 0.25) is 0 Å². The number of benzene rings is 1. The lowest BCUT2D eigenvalue weighted by atomic mass is 9.88. The zero-order valence-corrected chi connectivity index (χ0v) is 18.0. The van der Waals surface area contributed by atoms with E-state index in [-0.39, 0.29) is 17.6 Å². The summed E-state index contributed by atoms with van der Waals surface area (Å²) in [6.45, 7) is 3.96. The summed E-state index contributed by atoms with van der Waals surface area (Å²) in [6, 6.07) is 11.5. The van der Waals surface area contributed by atoms with Crippen molar-refractivity contribution in [3.63, 3.8) is 0 Å². The van der Waals surface area contributed by atoms with Gasteiger partial charge in [-0.3, -0.25) is 9.78 Å². The molecule has 1 N–H and O–H groups in total. The van der Waals surface area contributed by atoms with Crippen LogP contribution in [0.3, 0.4) is 0 Å². The monoisotopic (exact) mass is 466 g/mol. The van der Waals surface area contributed by atoms with Crippen LogP contribution in [0.4, 0.5) is 13.2 Å². The number of carbonyl (C=O) groups excluding carboxylic acids is 1. The van der Waals surface area contributed by atoms with Crippen molar-refractivity contribution in [3.8, 4) is 5.75 Å². The molecule has 2 saturated heterocycles. The molecule has 4 rings (SSSR count). The van der Waals surface area contributed by atoms with Crippen molar-refractivity contribution in [2.45, 2.75) is 44.1 Å². The van der Waals surface area contributed by atoms with Crippen molar-refractivity contribution in [3.05, 3.63) is 59.9 Å². The van der Waals surface area contributed by atoms with Crippen molar-refractivity contribution in [2.75, 3.05) is 19.7 Å². The van der Waals surface area contributed by atoms with Crippen LogP contribution in [0.1, 0.15) is 35.2 Å². The Kier molecular flexibility index (Phi) is 7.57. The third-order valence-electron chi connectivity index (χ3n) is 5.56. The molecule has 178 valence electrons. The molecule has 1 aromatic carbocycles. The number of piperidine rings is 1. The number of amides is 1. The summed E-state index contributed by atoms with van der Waals surface area (Å²) < 4.78 is 43.9. The Hall–Kier alpha value is -3.14. The van der Waals surface area contributed by atoms with Crippen LogP contribution < -0.4 is 4.74 Å². The highest BCUT2D eigenvalue weighted by molar-refractivity contribution is 5.95.